The molecule has 1 amide bonds. The summed E-state index contributed by atoms with van der Waals surface area (Å²) in [5, 5.41) is 11.7. The number of rotatable bonds is 7. The maximum atomic E-state index is 11.9. The van der Waals surface area contributed by atoms with Gasteiger partial charge in [0, 0.05) is 19.5 Å². The van der Waals surface area contributed by atoms with Gasteiger partial charge in [-0.1, -0.05) is 36.4 Å². The summed E-state index contributed by atoms with van der Waals surface area (Å²) in [6.07, 6.45) is 1.09. The molecule has 0 saturated heterocycles. The first-order chi connectivity index (χ1) is 11.1. The van der Waals surface area contributed by atoms with Crippen LogP contribution >= 0.6 is 0 Å². The molecule has 2 aromatic rings. The van der Waals surface area contributed by atoms with E-state index in [4.69, 9.17) is 10.8 Å². The van der Waals surface area contributed by atoms with Crippen molar-refractivity contribution >= 4 is 11.9 Å². The first-order valence-electron chi connectivity index (χ1n) is 7.45. The van der Waals surface area contributed by atoms with Gasteiger partial charge in [-0.2, -0.15) is 0 Å². The molecule has 0 aliphatic carbocycles. The van der Waals surface area contributed by atoms with Crippen LogP contribution in [0.2, 0.25) is 0 Å². The first kappa shape index (κ1) is 16.7. The molecule has 0 unspecified atom stereocenters. The van der Waals surface area contributed by atoms with Gasteiger partial charge >= 0.3 is 5.97 Å². The molecule has 0 heterocycles. The quantitative estimate of drug-likeness (QED) is 0.730. The van der Waals surface area contributed by atoms with E-state index in [1.807, 2.05) is 24.3 Å². The number of amides is 1. The van der Waals surface area contributed by atoms with Crippen molar-refractivity contribution in [1.29, 1.82) is 0 Å². The van der Waals surface area contributed by atoms with Crippen LogP contribution in [0.1, 0.15) is 33.5 Å². The van der Waals surface area contributed by atoms with Crippen molar-refractivity contribution in [2.45, 2.75) is 25.9 Å². The van der Waals surface area contributed by atoms with Crippen LogP contribution in [0.15, 0.2) is 48.5 Å². The number of aromatic carboxylic acids is 1. The summed E-state index contributed by atoms with van der Waals surface area (Å²) in [4.78, 5) is 22.6. The van der Waals surface area contributed by atoms with Crippen LogP contribution in [0.4, 0.5) is 0 Å². The van der Waals surface area contributed by atoms with Crippen LogP contribution in [-0.4, -0.2) is 17.0 Å². The summed E-state index contributed by atoms with van der Waals surface area (Å²) >= 11 is 0. The zero-order valence-corrected chi connectivity index (χ0v) is 12.8. The number of carboxylic acids is 1. The van der Waals surface area contributed by atoms with Crippen molar-refractivity contribution in [1.82, 2.24) is 5.32 Å². The molecule has 120 valence electrons. The number of benzene rings is 2. The lowest BCUT2D eigenvalue weighted by Crippen LogP contribution is -2.23. The van der Waals surface area contributed by atoms with Gasteiger partial charge < -0.3 is 16.2 Å². The third kappa shape index (κ3) is 5.23. The van der Waals surface area contributed by atoms with Gasteiger partial charge in [-0.15, -0.1) is 0 Å². The molecule has 0 bridgehead atoms. The summed E-state index contributed by atoms with van der Waals surface area (Å²) in [5.74, 6) is -0.989. The molecular formula is C18H20N2O3. The number of carboxylic acid groups (broad SMARTS) is 1. The average molecular weight is 312 g/mol. The van der Waals surface area contributed by atoms with Crippen molar-refractivity contribution in [3.63, 3.8) is 0 Å². The second kappa shape index (κ2) is 8.10. The number of nitrogens with two attached hydrogens (primary N) is 1. The van der Waals surface area contributed by atoms with E-state index >= 15 is 0 Å². The number of carbonyl (C=O) groups excluding carboxylic acids is 1. The molecule has 23 heavy (non-hydrogen) atoms. The number of hydrogen-bond acceptors (Lipinski definition) is 3. The Morgan fingerprint density at radius 2 is 1.48 bits per heavy atom. The smallest absolute Gasteiger partial charge is 0.335 e. The van der Waals surface area contributed by atoms with Gasteiger partial charge in [0.25, 0.3) is 0 Å². The maximum absolute atomic E-state index is 11.9. The van der Waals surface area contributed by atoms with Crippen LogP contribution in [0.5, 0.6) is 0 Å². The van der Waals surface area contributed by atoms with Crippen LogP contribution in [-0.2, 0) is 24.3 Å². The lowest BCUT2D eigenvalue weighted by molar-refractivity contribution is -0.121. The van der Waals surface area contributed by atoms with Gasteiger partial charge in [0.1, 0.15) is 0 Å². The van der Waals surface area contributed by atoms with Crippen molar-refractivity contribution in [2.24, 2.45) is 5.73 Å². The minimum atomic E-state index is -0.957. The van der Waals surface area contributed by atoms with E-state index in [0.29, 0.717) is 25.9 Å². The van der Waals surface area contributed by atoms with Crippen LogP contribution in [0, 0.1) is 0 Å². The van der Waals surface area contributed by atoms with E-state index in [-0.39, 0.29) is 11.5 Å². The number of hydrogen-bond donors (Lipinski definition) is 3. The fraction of sp³-hybridized carbons (Fsp3) is 0.222. The predicted octanol–water partition coefficient (Wildman–Crippen LogP) is 2.09. The van der Waals surface area contributed by atoms with E-state index in [0.717, 1.165) is 16.7 Å². The second-order valence-corrected chi connectivity index (χ2v) is 5.30. The van der Waals surface area contributed by atoms with Crippen LogP contribution < -0.4 is 11.1 Å². The molecule has 0 fully saturated rings. The zero-order valence-electron chi connectivity index (χ0n) is 12.8. The predicted molar refractivity (Wildman–Crippen MR) is 87.9 cm³/mol. The standard InChI is InChI=1S/C18H20N2O3/c19-11-14-3-1-13(2-4-14)7-10-17(21)20-12-15-5-8-16(9-6-15)18(22)23/h1-6,8-9H,7,10-12,19H2,(H,20,21)(H,22,23). The lowest BCUT2D eigenvalue weighted by Gasteiger charge is -2.06. The fourth-order valence-electron chi connectivity index (χ4n) is 2.15. The van der Waals surface area contributed by atoms with Gasteiger partial charge in [-0.3, -0.25) is 4.79 Å². The largest absolute Gasteiger partial charge is 0.478 e. The highest BCUT2D eigenvalue weighted by Gasteiger charge is 2.04. The molecule has 0 spiro atoms. The molecule has 5 heteroatoms. The van der Waals surface area contributed by atoms with Gasteiger partial charge in [-0.05, 0) is 35.2 Å². The summed E-state index contributed by atoms with van der Waals surface area (Å²) in [6, 6.07) is 14.4. The number of nitrogens with one attached hydrogen (secondary N) is 1. The topological polar surface area (TPSA) is 92.4 Å². The van der Waals surface area contributed by atoms with Crippen LogP contribution in [0.3, 0.4) is 0 Å². The monoisotopic (exact) mass is 312 g/mol. The molecule has 5 nitrogen and oxygen atoms in total. The molecule has 0 radical (unpaired) electrons. The number of carbonyl (C=O) groups is 2. The number of aryl methyl sites for hydroxylation is 1. The summed E-state index contributed by atoms with van der Waals surface area (Å²) in [7, 11) is 0. The van der Waals surface area contributed by atoms with Crippen LogP contribution in [0.25, 0.3) is 0 Å². The van der Waals surface area contributed by atoms with Crippen molar-refractivity contribution in [3.8, 4) is 0 Å². The molecule has 0 aliphatic rings. The molecule has 0 saturated carbocycles. The average Bonchev–Trinajstić information content (AvgIpc) is 2.59. The Morgan fingerprint density at radius 1 is 0.913 bits per heavy atom. The normalized spacial score (nSPS) is 10.3. The summed E-state index contributed by atoms with van der Waals surface area (Å²) in [5.41, 5.74) is 8.83. The van der Waals surface area contributed by atoms with Crippen molar-refractivity contribution in [3.05, 3.63) is 70.8 Å². The summed E-state index contributed by atoms with van der Waals surface area (Å²) < 4.78 is 0. The molecule has 4 N–H and O–H groups in total. The van der Waals surface area contributed by atoms with Gasteiger partial charge in [-0.25, -0.2) is 4.79 Å². The third-order valence-corrected chi connectivity index (χ3v) is 3.59. The molecular weight excluding hydrogens is 292 g/mol. The Labute approximate surface area is 135 Å². The Balaban J connectivity index is 1.77. The Hall–Kier alpha value is -2.66. The van der Waals surface area contributed by atoms with Crippen molar-refractivity contribution in [2.75, 3.05) is 0 Å². The second-order valence-electron chi connectivity index (χ2n) is 5.30. The highest BCUT2D eigenvalue weighted by atomic mass is 16.4. The third-order valence-electron chi connectivity index (χ3n) is 3.59. The lowest BCUT2D eigenvalue weighted by atomic mass is 10.1. The Kier molecular flexibility index (Phi) is 5.88. The van der Waals surface area contributed by atoms with E-state index in [2.05, 4.69) is 5.32 Å². The van der Waals surface area contributed by atoms with E-state index in [9.17, 15) is 9.59 Å². The highest BCUT2D eigenvalue weighted by Crippen LogP contribution is 2.07. The fourth-order valence-corrected chi connectivity index (χ4v) is 2.15. The molecule has 2 aromatic carbocycles. The Bertz CT molecular complexity index is 664. The molecule has 0 atom stereocenters. The maximum Gasteiger partial charge on any atom is 0.335 e. The first-order valence-corrected chi connectivity index (χ1v) is 7.45. The molecule has 0 aliphatic heterocycles. The Morgan fingerprint density at radius 3 is 2.04 bits per heavy atom. The van der Waals surface area contributed by atoms with E-state index < -0.39 is 5.97 Å². The minimum Gasteiger partial charge on any atom is -0.478 e. The summed E-state index contributed by atoms with van der Waals surface area (Å²) in [6.45, 7) is 0.909. The van der Waals surface area contributed by atoms with Crippen molar-refractivity contribution < 1.29 is 14.7 Å². The molecule has 0 aromatic heterocycles. The van der Waals surface area contributed by atoms with Gasteiger partial charge in [0.15, 0.2) is 0 Å². The van der Waals surface area contributed by atoms with Gasteiger partial charge in [0.2, 0.25) is 5.91 Å². The van der Waals surface area contributed by atoms with Gasteiger partial charge in [0.05, 0.1) is 5.56 Å². The van der Waals surface area contributed by atoms with E-state index in [1.165, 1.54) is 12.1 Å². The molecule has 2 rings (SSSR count). The zero-order chi connectivity index (χ0) is 16.7. The minimum absolute atomic E-state index is 0.0322. The van der Waals surface area contributed by atoms with E-state index in [1.54, 1.807) is 12.1 Å². The SMILES string of the molecule is NCc1ccc(CCC(=O)NCc2ccc(C(=O)O)cc2)cc1. The highest BCUT2D eigenvalue weighted by molar-refractivity contribution is 5.87.